The SMILES string of the molecule is CC12CC3CC(C1)CC(C(=O)NC1COC1)(C3)C2. The quantitative estimate of drug-likeness (QED) is 0.814. The van der Waals surface area contributed by atoms with Gasteiger partial charge in [0, 0.05) is 0 Å². The summed E-state index contributed by atoms with van der Waals surface area (Å²) >= 11 is 0. The summed E-state index contributed by atoms with van der Waals surface area (Å²) in [6.07, 6.45) is 7.55. The molecule has 4 saturated carbocycles. The molecule has 0 aromatic rings. The first-order valence-electron chi connectivity index (χ1n) is 7.46. The normalized spacial score (nSPS) is 50.1. The molecular weight excluding hydrogens is 226 g/mol. The van der Waals surface area contributed by atoms with Gasteiger partial charge in [0.15, 0.2) is 0 Å². The van der Waals surface area contributed by atoms with Crippen LogP contribution in [0.15, 0.2) is 0 Å². The van der Waals surface area contributed by atoms with E-state index in [4.69, 9.17) is 4.74 Å². The molecule has 4 bridgehead atoms. The van der Waals surface area contributed by atoms with Crippen LogP contribution in [0.5, 0.6) is 0 Å². The lowest BCUT2D eigenvalue weighted by molar-refractivity contribution is -0.158. The summed E-state index contributed by atoms with van der Waals surface area (Å²) in [5.41, 5.74) is 0.436. The molecule has 100 valence electrons. The van der Waals surface area contributed by atoms with Crippen molar-refractivity contribution in [1.29, 1.82) is 0 Å². The number of amides is 1. The minimum absolute atomic E-state index is 0.0194. The van der Waals surface area contributed by atoms with Gasteiger partial charge in [0.1, 0.15) is 0 Å². The zero-order chi connectivity index (χ0) is 12.4. The summed E-state index contributed by atoms with van der Waals surface area (Å²) in [5, 5.41) is 3.23. The second kappa shape index (κ2) is 3.50. The first kappa shape index (κ1) is 11.3. The predicted molar refractivity (Wildman–Crippen MR) is 68.0 cm³/mol. The smallest absolute Gasteiger partial charge is 0.226 e. The van der Waals surface area contributed by atoms with Crippen molar-refractivity contribution in [3.8, 4) is 0 Å². The van der Waals surface area contributed by atoms with Gasteiger partial charge >= 0.3 is 0 Å². The van der Waals surface area contributed by atoms with E-state index in [0.717, 1.165) is 31.1 Å². The summed E-state index contributed by atoms with van der Waals surface area (Å²) in [4.78, 5) is 12.7. The second-order valence-corrected chi connectivity index (χ2v) is 7.76. The third-order valence-corrected chi connectivity index (χ3v) is 5.81. The maximum atomic E-state index is 12.7. The zero-order valence-corrected chi connectivity index (χ0v) is 11.2. The zero-order valence-electron chi connectivity index (χ0n) is 11.2. The summed E-state index contributed by atoms with van der Waals surface area (Å²) in [7, 11) is 0. The van der Waals surface area contributed by atoms with Crippen molar-refractivity contribution in [2.75, 3.05) is 13.2 Å². The van der Waals surface area contributed by atoms with Gasteiger partial charge < -0.3 is 10.1 Å². The molecule has 18 heavy (non-hydrogen) atoms. The van der Waals surface area contributed by atoms with Crippen LogP contribution in [-0.4, -0.2) is 25.2 Å². The van der Waals surface area contributed by atoms with E-state index in [2.05, 4.69) is 12.2 Å². The number of rotatable bonds is 2. The average Bonchev–Trinajstić information content (AvgIpc) is 2.19. The van der Waals surface area contributed by atoms with Crippen LogP contribution >= 0.6 is 0 Å². The van der Waals surface area contributed by atoms with Gasteiger partial charge in [-0.05, 0) is 55.8 Å². The van der Waals surface area contributed by atoms with Gasteiger partial charge in [0.25, 0.3) is 0 Å². The van der Waals surface area contributed by atoms with Gasteiger partial charge in [-0.3, -0.25) is 4.79 Å². The fourth-order valence-electron chi connectivity index (χ4n) is 5.64. The van der Waals surface area contributed by atoms with E-state index in [1.807, 2.05) is 0 Å². The van der Waals surface area contributed by atoms with Crippen molar-refractivity contribution in [2.45, 2.75) is 51.5 Å². The highest BCUT2D eigenvalue weighted by Gasteiger charge is 2.59. The van der Waals surface area contributed by atoms with Crippen LogP contribution in [-0.2, 0) is 9.53 Å². The first-order chi connectivity index (χ1) is 8.57. The third-order valence-electron chi connectivity index (χ3n) is 5.81. The van der Waals surface area contributed by atoms with Gasteiger partial charge in [0.05, 0.1) is 24.7 Å². The van der Waals surface area contributed by atoms with Gasteiger partial charge in [-0.1, -0.05) is 6.92 Å². The van der Waals surface area contributed by atoms with Crippen LogP contribution in [0, 0.1) is 22.7 Å². The summed E-state index contributed by atoms with van der Waals surface area (Å²) < 4.78 is 5.16. The van der Waals surface area contributed by atoms with Crippen molar-refractivity contribution < 1.29 is 9.53 Å². The second-order valence-electron chi connectivity index (χ2n) is 7.76. The largest absolute Gasteiger partial charge is 0.377 e. The van der Waals surface area contributed by atoms with Crippen LogP contribution in [0.1, 0.15) is 45.4 Å². The molecule has 0 radical (unpaired) electrons. The fourth-order valence-corrected chi connectivity index (χ4v) is 5.64. The molecule has 3 heteroatoms. The van der Waals surface area contributed by atoms with Crippen molar-refractivity contribution >= 4 is 5.91 Å². The number of ether oxygens (including phenoxy) is 1. The molecule has 1 N–H and O–H groups in total. The number of carbonyl (C=O) groups is 1. The minimum Gasteiger partial charge on any atom is -0.377 e. The molecule has 5 fully saturated rings. The van der Waals surface area contributed by atoms with Gasteiger partial charge in [-0.15, -0.1) is 0 Å². The Morgan fingerprint density at radius 2 is 1.83 bits per heavy atom. The van der Waals surface area contributed by atoms with E-state index in [9.17, 15) is 4.79 Å². The Morgan fingerprint density at radius 3 is 2.33 bits per heavy atom. The minimum atomic E-state index is -0.0194. The van der Waals surface area contributed by atoms with Gasteiger partial charge in [-0.2, -0.15) is 0 Å². The lowest BCUT2D eigenvalue weighted by Crippen LogP contribution is -2.60. The molecule has 2 atom stereocenters. The van der Waals surface area contributed by atoms with Crippen LogP contribution in [0.2, 0.25) is 0 Å². The number of carbonyl (C=O) groups excluding carboxylic acids is 1. The van der Waals surface area contributed by atoms with Crippen LogP contribution in [0.4, 0.5) is 0 Å². The van der Waals surface area contributed by atoms with E-state index >= 15 is 0 Å². The Morgan fingerprint density at radius 1 is 1.17 bits per heavy atom. The molecule has 5 aliphatic rings. The Hall–Kier alpha value is -0.570. The van der Waals surface area contributed by atoms with Crippen molar-refractivity contribution in [3.63, 3.8) is 0 Å². The van der Waals surface area contributed by atoms with E-state index < -0.39 is 0 Å². The summed E-state index contributed by atoms with van der Waals surface area (Å²) in [6.45, 7) is 3.84. The lowest BCUT2D eigenvalue weighted by Gasteiger charge is -2.60. The lowest BCUT2D eigenvalue weighted by atomic mass is 9.44. The van der Waals surface area contributed by atoms with E-state index in [0.29, 0.717) is 30.6 Å². The third kappa shape index (κ3) is 1.56. The molecular formula is C15H23NO2. The highest BCUT2D eigenvalue weighted by Crippen LogP contribution is 2.65. The Bertz CT molecular complexity index is 374. The maximum absolute atomic E-state index is 12.7. The van der Waals surface area contributed by atoms with Crippen LogP contribution < -0.4 is 5.32 Å². The van der Waals surface area contributed by atoms with Crippen molar-refractivity contribution in [1.82, 2.24) is 5.32 Å². The molecule has 0 aromatic carbocycles. The molecule has 1 amide bonds. The van der Waals surface area contributed by atoms with E-state index in [-0.39, 0.29) is 5.41 Å². The Balaban J connectivity index is 1.57. The number of hydrogen-bond donors (Lipinski definition) is 1. The van der Waals surface area contributed by atoms with Crippen molar-refractivity contribution in [3.05, 3.63) is 0 Å². The molecule has 0 spiro atoms. The number of hydrogen-bond acceptors (Lipinski definition) is 2. The maximum Gasteiger partial charge on any atom is 0.226 e. The predicted octanol–water partition coefficient (Wildman–Crippen LogP) is 2.11. The molecule has 0 aromatic heterocycles. The first-order valence-corrected chi connectivity index (χ1v) is 7.46. The van der Waals surface area contributed by atoms with E-state index in [1.165, 1.54) is 19.3 Å². The summed E-state index contributed by atoms with van der Waals surface area (Å²) in [6, 6.07) is 0.290. The standard InChI is InChI=1S/C15H23NO2/c1-14-3-10-2-11(4-14)6-15(5-10,9-14)13(17)16-12-7-18-8-12/h10-12H,2-9H2,1H3,(H,16,17). The topological polar surface area (TPSA) is 38.3 Å². The molecule has 5 rings (SSSR count). The average molecular weight is 249 g/mol. The van der Waals surface area contributed by atoms with Crippen LogP contribution in [0.3, 0.4) is 0 Å². The Labute approximate surface area is 109 Å². The highest BCUT2D eigenvalue weighted by molar-refractivity contribution is 5.83. The van der Waals surface area contributed by atoms with Gasteiger partial charge in [0.2, 0.25) is 5.91 Å². The Kier molecular flexibility index (Phi) is 2.19. The molecule has 2 unspecified atom stereocenters. The molecule has 1 saturated heterocycles. The van der Waals surface area contributed by atoms with E-state index in [1.54, 1.807) is 0 Å². The monoisotopic (exact) mass is 249 g/mol. The van der Waals surface area contributed by atoms with Crippen LogP contribution in [0.25, 0.3) is 0 Å². The highest BCUT2D eigenvalue weighted by atomic mass is 16.5. The molecule has 1 aliphatic heterocycles. The number of nitrogens with one attached hydrogen (secondary N) is 1. The fraction of sp³-hybridized carbons (Fsp3) is 0.933. The van der Waals surface area contributed by atoms with Crippen molar-refractivity contribution in [2.24, 2.45) is 22.7 Å². The molecule has 4 aliphatic carbocycles. The van der Waals surface area contributed by atoms with Gasteiger partial charge in [-0.25, -0.2) is 0 Å². The molecule has 1 heterocycles. The summed E-state index contributed by atoms with van der Waals surface area (Å²) in [5.74, 6) is 1.98. The molecule has 3 nitrogen and oxygen atoms in total.